The van der Waals surface area contributed by atoms with Crippen LogP contribution in [0, 0.1) is 23.2 Å². The van der Waals surface area contributed by atoms with Crippen molar-refractivity contribution >= 4 is 23.5 Å². The molecule has 5 aliphatic rings. The molecule has 1 aromatic rings. The van der Waals surface area contributed by atoms with Crippen molar-refractivity contribution in [3.8, 4) is 0 Å². The summed E-state index contributed by atoms with van der Waals surface area (Å²) in [5.74, 6) is 1.89. The smallest absolute Gasteiger partial charge is 0.322 e. The second-order valence-corrected chi connectivity index (χ2v) is 9.27. The summed E-state index contributed by atoms with van der Waals surface area (Å²) in [6.45, 7) is 1.67. The number of amides is 4. The minimum Gasteiger partial charge on any atom is -0.326 e. The molecule has 1 heterocycles. The topological polar surface area (TPSA) is 87.3 Å². The van der Waals surface area contributed by atoms with Crippen LogP contribution in [0.5, 0.6) is 0 Å². The number of benzene rings is 1. The van der Waals surface area contributed by atoms with Gasteiger partial charge in [0.05, 0.1) is 5.41 Å². The summed E-state index contributed by atoms with van der Waals surface area (Å²) in [5.41, 5.74) is 0.0177. The van der Waals surface area contributed by atoms with E-state index in [1.54, 1.807) is 19.1 Å². The molecule has 4 saturated carbocycles. The van der Waals surface area contributed by atoms with Gasteiger partial charge in [0, 0.05) is 5.69 Å². The van der Waals surface area contributed by atoms with Gasteiger partial charge in [0.2, 0.25) is 5.91 Å². The highest BCUT2D eigenvalue weighted by molar-refractivity contribution is 6.07. The molecule has 0 aromatic heterocycles. The van der Waals surface area contributed by atoms with Crippen molar-refractivity contribution < 1.29 is 14.4 Å². The molecular formula is C21H25N3O3. The molecule has 5 fully saturated rings. The molecule has 0 radical (unpaired) electrons. The Balaban J connectivity index is 1.38. The van der Waals surface area contributed by atoms with Gasteiger partial charge in [-0.2, -0.15) is 0 Å². The van der Waals surface area contributed by atoms with Crippen LogP contribution in [-0.4, -0.2) is 17.8 Å². The van der Waals surface area contributed by atoms with E-state index in [4.69, 9.17) is 0 Å². The van der Waals surface area contributed by atoms with Crippen molar-refractivity contribution in [3.05, 3.63) is 29.8 Å². The molecule has 142 valence electrons. The minimum absolute atomic E-state index is 0.129. The number of nitrogens with one attached hydrogen (secondary N) is 3. The van der Waals surface area contributed by atoms with Gasteiger partial charge in [0.1, 0.15) is 5.54 Å². The number of carbonyl (C=O) groups is 3. The maximum absolute atomic E-state index is 13.2. The van der Waals surface area contributed by atoms with Gasteiger partial charge in [-0.15, -0.1) is 0 Å². The van der Waals surface area contributed by atoms with Crippen LogP contribution in [0.1, 0.15) is 51.0 Å². The zero-order valence-electron chi connectivity index (χ0n) is 15.5. The SMILES string of the molecule is C[C@@]1(c2cccc(NC(=O)C34CC5CC(CC(C5)C3)C4)c2)NC(=O)NC1=O. The summed E-state index contributed by atoms with van der Waals surface area (Å²) in [4.78, 5) is 37.0. The van der Waals surface area contributed by atoms with E-state index in [0.717, 1.165) is 19.3 Å². The molecule has 0 unspecified atom stereocenters. The predicted octanol–water partition coefficient (Wildman–Crippen LogP) is 2.90. The Hall–Kier alpha value is -2.37. The second-order valence-electron chi connectivity index (χ2n) is 9.27. The standard InChI is InChI=1S/C21H25N3O3/c1-20(17(25)23-19(27)24-20)15-3-2-4-16(8-15)22-18(26)21-9-12-5-13(10-21)7-14(6-12)11-21/h2-4,8,12-14H,5-7,9-11H2,1H3,(H,22,26)(H2,23,24,25,27)/t12?,13?,14?,20-,21?/m0/s1. The number of urea groups is 1. The molecule has 4 aliphatic carbocycles. The lowest BCUT2D eigenvalue weighted by atomic mass is 9.49. The first kappa shape index (κ1) is 16.8. The lowest BCUT2D eigenvalue weighted by molar-refractivity contribution is -0.140. The molecule has 1 aliphatic heterocycles. The van der Waals surface area contributed by atoms with Gasteiger partial charge in [0.15, 0.2) is 0 Å². The summed E-state index contributed by atoms with van der Waals surface area (Å²) >= 11 is 0. The maximum atomic E-state index is 13.2. The van der Waals surface area contributed by atoms with Gasteiger partial charge in [-0.3, -0.25) is 14.9 Å². The molecule has 1 atom stereocenters. The molecule has 1 aromatic carbocycles. The minimum atomic E-state index is -1.11. The first-order valence-corrected chi connectivity index (χ1v) is 9.92. The third-order valence-corrected chi connectivity index (χ3v) is 7.26. The van der Waals surface area contributed by atoms with Gasteiger partial charge in [-0.05, 0) is 80.9 Å². The van der Waals surface area contributed by atoms with E-state index in [1.807, 2.05) is 12.1 Å². The summed E-state index contributed by atoms with van der Waals surface area (Å²) < 4.78 is 0. The molecule has 0 spiro atoms. The van der Waals surface area contributed by atoms with Crippen molar-refractivity contribution in [2.75, 3.05) is 5.32 Å². The van der Waals surface area contributed by atoms with E-state index in [9.17, 15) is 14.4 Å². The van der Waals surface area contributed by atoms with Crippen molar-refractivity contribution in [1.29, 1.82) is 0 Å². The fourth-order valence-corrected chi connectivity index (χ4v) is 6.31. The molecule has 3 N–H and O–H groups in total. The lowest BCUT2D eigenvalue weighted by Crippen LogP contribution is -2.51. The van der Waals surface area contributed by atoms with Gasteiger partial charge < -0.3 is 10.6 Å². The maximum Gasteiger partial charge on any atom is 0.322 e. The van der Waals surface area contributed by atoms with Gasteiger partial charge in [-0.25, -0.2) is 4.79 Å². The summed E-state index contributed by atoms with van der Waals surface area (Å²) in [6.07, 6.45) is 6.95. The van der Waals surface area contributed by atoms with Crippen LogP contribution in [0.2, 0.25) is 0 Å². The van der Waals surface area contributed by atoms with Crippen molar-refractivity contribution in [3.63, 3.8) is 0 Å². The van der Waals surface area contributed by atoms with Crippen LogP contribution in [0.3, 0.4) is 0 Å². The normalized spacial score (nSPS) is 39.2. The predicted molar refractivity (Wildman–Crippen MR) is 99.7 cm³/mol. The third-order valence-electron chi connectivity index (χ3n) is 7.26. The zero-order valence-corrected chi connectivity index (χ0v) is 15.5. The Morgan fingerprint density at radius 1 is 1.07 bits per heavy atom. The first-order valence-electron chi connectivity index (χ1n) is 9.92. The highest BCUT2D eigenvalue weighted by atomic mass is 16.2. The van der Waals surface area contributed by atoms with Crippen LogP contribution >= 0.6 is 0 Å². The summed E-state index contributed by atoms with van der Waals surface area (Å²) in [7, 11) is 0. The monoisotopic (exact) mass is 367 g/mol. The Morgan fingerprint density at radius 3 is 2.26 bits per heavy atom. The average Bonchev–Trinajstić information content (AvgIpc) is 2.87. The number of hydrogen-bond acceptors (Lipinski definition) is 3. The second kappa shape index (κ2) is 5.57. The van der Waals surface area contributed by atoms with Crippen LogP contribution in [-0.2, 0) is 15.1 Å². The Morgan fingerprint density at radius 2 is 1.70 bits per heavy atom. The number of rotatable bonds is 3. The molecular weight excluding hydrogens is 342 g/mol. The van der Waals surface area contributed by atoms with E-state index in [-0.39, 0.29) is 17.2 Å². The van der Waals surface area contributed by atoms with E-state index < -0.39 is 11.6 Å². The lowest BCUT2D eigenvalue weighted by Gasteiger charge is -2.55. The number of anilines is 1. The summed E-state index contributed by atoms with van der Waals surface area (Å²) in [6, 6.07) is 6.76. The Kier molecular flexibility index (Phi) is 3.46. The van der Waals surface area contributed by atoms with Crippen molar-refractivity contribution in [1.82, 2.24) is 10.6 Å². The fraction of sp³-hybridized carbons (Fsp3) is 0.571. The van der Waals surface area contributed by atoms with Crippen LogP contribution < -0.4 is 16.0 Å². The molecule has 1 saturated heterocycles. The Labute approximate surface area is 158 Å². The van der Waals surface area contributed by atoms with Crippen LogP contribution in [0.4, 0.5) is 10.5 Å². The van der Waals surface area contributed by atoms with Crippen molar-refractivity contribution in [2.45, 2.75) is 51.0 Å². The Bertz CT molecular complexity index is 814. The van der Waals surface area contributed by atoms with E-state index >= 15 is 0 Å². The number of carbonyl (C=O) groups excluding carboxylic acids is 3. The third kappa shape index (κ3) is 2.57. The van der Waals surface area contributed by atoms with Gasteiger partial charge >= 0.3 is 6.03 Å². The first-order chi connectivity index (χ1) is 12.9. The van der Waals surface area contributed by atoms with Crippen molar-refractivity contribution in [2.24, 2.45) is 23.2 Å². The van der Waals surface area contributed by atoms with E-state index in [1.165, 1.54) is 19.3 Å². The number of imide groups is 1. The molecule has 6 nitrogen and oxygen atoms in total. The number of hydrogen-bond donors (Lipinski definition) is 3. The van der Waals surface area contributed by atoms with E-state index in [2.05, 4.69) is 16.0 Å². The molecule has 27 heavy (non-hydrogen) atoms. The highest BCUT2D eigenvalue weighted by Crippen LogP contribution is 2.60. The van der Waals surface area contributed by atoms with Crippen LogP contribution in [0.15, 0.2) is 24.3 Å². The largest absolute Gasteiger partial charge is 0.326 e. The molecule has 6 rings (SSSR count). The molecule has 6 heteroatoms. The quantitative estimate of drug-likeness (QED) is 0.718. The fourth-order valence-electron chi connectivity index (χ4n) is 6.31. The highest BCUT2D eigenvalue weighted by Gasteiger charge is 2.54. The zero-order chi connectivity index (χ0) is 18.8. The van der Waals surface area contributed by atoms with Gasteiger partial charge in [-0.1, -0.05) is 12.1 Å². The van der Waals surface area contributed by atoms with Crippen LogP contribution in [0.25, 0.3) is 0 Å². The van der Waals surface area contributed by atoms with E-state index in [0.29, 0.717) is 29.0 Å². The molecule has 4 amide bonds. The molecule has 4 bridgehead atoms. The summed E-state index contributed by atoms with van der Waals surface area (Å²) in [5, 5.41) is 8.07. The van der Waals surface area contributed by atoms with Gasteiger partial charge in [0.25, 0.3) is 5.91 Å². The average molecular weight is 367 g/mol.